The Labute approximate surface area is 266 Å². The molecule has 2 aliphatic heterocycles. The van der Waals surface area contributed by atoms with Gasteiger partial charge in [-0.1, -0.05) is 30.7 Å². The smallest absolute Gasteiger partial charge is 0.336 e. The molecule has 4 N–H and O–H groups in total. The number of aromatic amines is 1. The van der Waals surface area contributed by atoms with Crippen LogP contribution in [0, 0.1) is 34.5 Å². The van der Waals surface area contributed by atoms with Crippen molar-refractivity contribution in [3.05, 3.63) is 47.2 Å². The minimum atomic E-state index is -0.946. The molecule has 10 atom stereocenters. The number of carbonyl (C=O) groups excluding carboxylic acids is 2. The summed E-state index contributed by atoms with van der Waals surface area (Å²) in [6.45, 7) is 9.39. The number of Topliss-reactive ketones (excluding diaryl/α,β-unsaturated/α-hetero) is 1. The van der Waals surface area contributed by atoms with E-state index < -0.39 is 17.1 Å². The van der Waals surface area contributed by atoms with Crippen molar-refractivity contribution < 1.29 is 29.3 Å². The number of aromatic nitrogens is 1. The van der Waals surface area contributed by atoms with Gasteiger partial charge in [0.25, 0.3) is 0 Å². The maximum absolute atomic E-state index is 14.2. The van der Waals surface area contributed by atoms with Crippen molar-refractivity contribution in [1.29, 1.82) is 0 Å². The van der Waals surface area contributed by atoms with E-state index in [-0.39, 0.29) is 47.8 Å². The highest BCUT2D eigenvalue weighted by atomic mass is 16.5. The highest BCUT2D eigenvalue weighted by Gasteiger charge is 2.70. The summed E-state index contributed by atoms with van der Waals surface area (Å²) in [4.78, 5) is 30.1. The molecular formula is C37H50N2O6. The number of carbonyl (C=O) groups is 2. The predicted octanol–water partition coefficient (Wildman–Crippen LogP) is 4.87. The molecule has 8 heteroatoms. The van der Waals surface area contributed by atoms with E-state index in [4.69, 9.17) is 9.47 Å². The van der Waals surface area contributed by atoms with Gasteiger partial charge in [-0.05, 0) is 107 Å². The molecule has 3 heterocycles. The summed E-state index contributed by atoms with van der Waals surface area (Å²) in [7, 11) is 0. The summed E-state index contributed by atoms with van der Waals surface area (Å²) in [6.07, 6.45) is 7.91. The van der Waals surface area contributed by atoms with E-state index in [0.29, 0.717) is 43.4 Å². The van der Waals surface area contributed by atoms with Gasteiger partial charge in [0.2, 0.25) is 0 Å². The van der Waals surface area contributed by atoms with Gasteiger partial charge in [0.05, 0.1) is 30.3 Å². The number of H-pyrrole nitrogens is 1. The number of aliphatic hydroxyl groups is 2. The van der Waals surface area contributed by atoms with Gasteiger partial charge in [0, 0.05) is 36.0 Å². The van der Waals surface area contributed by atoms with E-state index in [2.05, 4.69) is 42.5 Å². The second kappa shape index (κ2) is 11.3. The molecule has 4 fully saturated rings. The van der Waals surface area contributed by atoms with E-state index >= 15 is 0 Å². The molecule has 5 unspecified atom stereocenters. The zero-order valence-corrected chi connectivity index (χ0v) is 27.2. The fraction of sp³-hybridized carbons (Fsp3) is 0.676. The van der Waals surface area contributed by atoms with Crippen molar-refractivity contribution in [2.45, 2.75) is 103 Å². The lowest BCUT2D eigenvalue weighted by Gasteiger charge is -2.64. The van der Waals surface area contributed by atoms with Crippen molar-refractivity contribution in [2.24, 2.45) is 34.5 Å². The number of esters is 1. The van der Waals surface area contributed by atoms with Gasteiger partial charge < -0.3 is 30.0 Å². The number of fused-ring (bicyclic) bond motifs is 6. The minimum Gasteiger partial charge on any atom is -0.459 e. The van der Waals surface area contributed by atoms with Crippen molar-refractivity contribution in [3.8, 4) is 0 Å². The van der Waals surface area contributed by atoms with Gasteiger partial charge in [-0.25, -0.2) is 4.79 Å². The third-order valence-electron chi connectivity index (χ3n) is 13.7. The Morgan fingerprint density at radius 1 is 1.07 bits per heavy atom. The van der Waals surface area contributed by atoms with Crippen LogP contribution in [-0.2, 0) is 25.5 Å². The normalized spacial score (nSPS) is 41.5. The van der Waals surface area contributed by atoms with Crippen LogP contribution in [0.25, 0.3) is 10.9 Å². The topological polar surface area (TPSA) is 121 Å². The third-order valence-corrected chi connectivity index (χ3v) is 13.7. The molecule has 0 amide bonds. The average molecular weight is 619 g/mol. The van der Waals surface area contributed by atoms with Crippen LogP contribution in [0.2, 0.25) is 0 Å². The first kappa shape index (κ1) is 31.1. The average Bonchev–Trinajstić information content (AvgIpc) is 3.58. The highest BCUT2D eigenvalue weighted by Crippen LogP contribution is 2.67. The van der Waals surface area contributed by atoms with Crippen LogP contribution in [0.15, 0.2) is 41.6 Å². The van der Waals surface area contributed by atoms with Gasteiger partial charge in [0.15, 0.2) is 0 Å². The van der Waals surface area contributed by atoms with E-state index in [1.807, 2.05) is 26.0 Å². The number of rotatable bonds is 7. The van der Waals surface area contributed by atoms with Crippen LogP contribution >= 0.6 is 0 Å². The zero-order chi connectivity index (χ0) is 31.7. The number of ketones is 1. The number of cyclic esters (lactones) is 1. The SMILES string of the molecule is CC1=C(CO)C(=O)OC(CC2CCC3[C@@H]4CO[C@@]5(C)[C@@H](O)C(NCCc6c[nH]c7ccccc67)CC(=O)[C@]5(C)C4CC[C@]23C)C1. The number of aliphatic hydroxyl groups excluding tert-OH is 2. The van der Waals surface area contributed by atoms with Crippen molar-refractivity contribution in [2.75, 3.05) is 19.8 Å². The van der Waals surface area contributed by atoms with Crippen LogP contribution in [0.1, 0.15) is 78.2 Å². The number of para-hydroxylation sites is 1. The fourth-order valence-electron chi connectivity index (χ4n) is 10.8. The fourth-order valence-corrected chi connectivity index (χ4v) is 10.8. The number of ether oxygens (including phenoxy) is 2. The number of hydrogen-bond donors (Lipinski definition) is 4. The summed E-state index contributed by atoms with van der Waals surface area (Å²) in [5.74, 6) is 1.15. The summed E-state index contributed by atoms with van der Waals surface area (Å²) in [6, 6.07) is 7.93. The predicted molar refractivity (Wildman–Crippen MR) is 171 cm³/mol. The molecule has 0 spiro atoms. The van der Waals surface area contributed by atoms with Crippen molar-refractivity contribution in [1.82, 2.24) is 10.3 Å². The quantitative estimate of drug-likeness (QED) is 0.327. The number of hydrogen-bond acceptors (Lipinski definition) is 7. The monoisotopic (exact) mass is 618 g/mol. The Balaban J connectivity index is 1.04. The molecular weight excluding hydrogens is 568 g/mol. The van der Waals surface area contributed by atoms with E-state index in [0.717, 1.165) is 49.6 Å². The van der Waals surface area contributed by atoms with Crippen LogP contribution in [-0.4, -0.2) is 70.6 Å². The first-order valence-corrected chi connectivity index (χ1v) is 17.2. The van der Waals surface area contributed by atoms with Crippen LogP contribution in [0.3, 0.4) is 0 Å². The van der Waals surface area contributed by atoms with Gasteiger partial charge in [-0.2, -0.15) is 0 Å². The molecule has 3 aliphatic carbocycles. The van der Waals surface area contributed by atoms with E-state index in [1.165, 1.54) is 10.9 Å². The Kier molecular flexibility index (Phi) is 7.82. The zero-order valence-electron chi connectivity index (χ0n) is 27.2. The molecule has 1 aromatic carbocycles. The molecule has 244 valence electrons. The minimum absolute atomic E-state index is 0.0960. The van der Waals surface area contributed by atoms with Gasteiger partial charge in [-0.3, -0.25) is 4.79 Å². The summed E-state index contributed by atoms with van der Waals surface area (Å²) < 4.78 is 12.5. The Hall–Kier alpha value is -2.52. The lowest BCUT2D eigenvalue weighted by molar-refractivity contribution is -0.273. The molecule has 1 aromatic heterocycles. The van der Waals surface area contributed by atoms with Gasteiger partial charge in [-0.15, -0.1) is 0 Å². The molecule has 8 nitrogen and oxygen atoms in total. The molecule has 45 heavy (non-hydrogen) atoms. The summed E-state index contributed by atoms with van der Waals surface area (Å²) in [5, 5.41) is 26.2. The largest absolute Gasteiger partial charge is 0.459 e. The van der Waals surface area contributed by atoms with Crippen LogP contribution in [0.4, 0.5) is 0 Å². The first-order chi connectivity index (χ1) is 21.5. The Bertz CT molecular complexity index is 1520. The Morgan fingerprint density at radius 3 is 2.64 bits per heavy atom. The van der Waals surface area contributed by atoms with E-state index in [9.17, 15) is 19.8 Å². The summed E-state index contributed by atoms with van der Waals surface area (Å²) >= 11 is 0. The molecule has 3 saturated carbocycles. The lowest BCUT2D eigenvalue weighted by Crippen LogP contribution is -2.74. The second-order valence-electron chi connectivity index (χ2n) is 15.4. The number of nitrogens with one attached hydrogen (secondary N) is 2. The maximum Gasteiger partial charge on any atom is 0.336 e. The highest BCUT2D eigenvalue weighted by molar-refractivity contribution is 5.90. The van der Waals surface area contributed by atoms with E-state index in [1.54, 1.807) is 0 Å². The second-order valence-corrected chi connectivity index (χ2v) is 15.4. The molecule has 0 radical (unpaired) electrons. The van der Waals surface area contributed by atoms with Crippen LogP contribution < -0.4 is 5.32 Å². The van der Waals surface area contributed by atoms with Crippen molar-refractivity contribution in [3.63, 3.8) is 0 Å². The van der Waals surface area contributed by atoms with Crippen molar-refractivity contribution >= 4 is 22.7 Å². The first-order valence-electron chi connectivity index (χ1n) is 17.2. The number of benzene rings is 1. The lowest BCUT2D eigenvalue weighted by atomic mass is 9.45. The summed E-state index contributed by atoms with van der Waals surface area (Å²) in [5.41, 5.74) is 2.10. The van der Waals surface area contributed by atoms with Gasteiger partial charge >= 0.3 is 5.97 Å². The maximum atomic E-state index is 14.2. The standard InChI is InChI=1S/C37H50N2O6/c1-21-15-24(45-34(43)26(21)19-40)16-23-9-10-28-27-20-44-37(4)33(42)31(17-32(41)36(37,3)29(27)11-13-35(23,28)2)38-14-12-22-18-39-30-8-6-5-7-25(22)30/h5-8,18,23-24,27-29,31,33,38-40,42H,9-17,19-20H2,1-4H3/t23?,24?,27-,28?,29?,31?,33-,35+,36-,37-/m0/s1. The van der Waals surface area contributed by atoms with Gasteiger partial charge in [0.1, 0.15) is 17.5 Å². The van der Waals surface area contributed by atoms with Crippen LogP contribution in [0.5, 0.6) is 0 Å². The molecule has 5 aliphatic rings. The Morgan fingerprint density at radius 2 is 1.87 bits per heavy atom. The molecule has 2 aromatic rings. The third kappa shape index (κ3) is 4.68. The molecule has 1 saturated heterocycles. The molecule has 0 bridgehead atoms. The molecule has 7 rings (SSSR count).